The zero-order chi connectivity index (χ0) is 51.6. The number of phenols is 1. The SMILES string of the molecule is C[C@@H](O)[C@H](Cc1ncc[nH]1)NC(=O)[C@H](Cc1ccccc1)N[C@@H](O)[C@H](Cc1c[nH]c2ccccc12)N[C@H](O)[C@H](N)CCCCNC(=O)Nc1ccc(-c2c3ccc(=O)cc-3oc3cc(O)ccc23)c(C(=O)O)c1. The number of rotatable bonds is 23. The highest BCUT2D eigenvalue weighted by molar-refractivity contribution is 6.08. The molecule has 6 aromatic rings. The molecule has 0 saturated carbocycles. The van der Waals surface area contributed by atoms with Gasteiger partial charge in [0.05, 0.1) is 29.8 Å². The molecule has 19 heteroatoms. The van der Waals surface area contributed by atoms with Crippen LogP contribution in [0.25, 0.3) is 44.3 Å². The maximum atomic E-state index is 14.1. The fourth-order valence-corrected chi connectivity index (χ4v) is 8.99. The van der Waals surface area contributed by atoms with E-state index in [4.69, 9.17) is 10.2 Å². The average Bonchev–Trinajstić information content (AvgIpc) is 4.05. The van der Waals surface area contributed by atoms with E-state index in [1.165, 1.54) is 30.3 Å². The standard InChI is InChI=1S/C54H59N9O10/c1-30(64)43(28-48-56-21-22-57-48)61-51(68)44(23-31-9-3-2-4-10-31)63-52(69)45(24-32-29-59-42-13-6-5-11-36(32)42)62-50(67)41(55)12-7-8-20-58-54(72)60-33-14-17-37(40(25-33)53(70)71)49-38-18-15-34(65)26-46(38)73-47-27-35(66)16-19-39(47)49/h2-6,9-11,13-19,21-22,25-27,29-30,41,43-45,50,52,59,62-65,67,69H,7-8,12,20,23-24,28,55H2,1H3,(H,56,57)(H,61,68)(H,70,71)(H2,58,60,72)/t30-,41-,43+,44+,45+,50-,52+/m1/s1. The zero-order valence-electron chi connectivity index (χ0n) is 39.9. The Morgan fingerprint density at radius 1 is 0.795 bits per heavy atom. The van der Waals surface area contributed by atoms with Crippen molar-refractivity contribution in [2.45, 2.75) is 88.2 Å². The number of aromatic amines is 2. The third-order valence-electron chi connectivity index (χ3n) is 12.8. The minimum absolute atomic E-state index is 0.0757. The lowest BCUT2D eigenvalue weighted by molar-refractivity contribution is -0.126. The fourth-order valence-electron chi connectivity index (χ4n) is 8.99. The number of hydrogen-bond donors (Lipinski definition) is 13. The van der Waals surface area contributed by atoms with Crippen molar-refractivity contribution in [3.8, 4) is 28.2 Å². The molecule has 14 N–H and O–H groups in total. The van der Waals surface area contributed by atoms with Crippen LogP contribution in [-0.4, -0.2) is 108 Å². The highest BCUT2D eigenvalue weighted by Gasteiger charge is 2.32. The van der Waals surface area contributed by atoms with Gasteiger partial charge < -0.3 is 61.6 Å². The number of imidazole rings is 1. The van der Waals surface area contributed by atoms with E-state index >= 15 is 0 Å². The number of carbonyl (C=O) groups is 3. The lowest BCUT2D eigenvalue weighted by Gasteiger charge is -2.33. The smallest absolute Gasteiger partial charge is 0.336 e. The van der Waals surface area contributed by atoms with Crippen LogP contribution in [0.15, 0.2) is 137 Å². The maximum Gasteiger partial charge on any atom is 0.336 e. The normalized spacial score (nSPS) is 14.5. The summed E-state index contributed by atoms with van der Waals surface area (Å²) in [6, 6.07) is 26.2. The summed E-state index contributed by atoms with van der Waals surface area (Å²) >= 11 is 0. The molecule has 1 aliphatic heterocycles. The number of carbonyl (C=O) groups excluding carboxylic acids is 2. The molecule has 0 fully saturated rings. The Morgan fingerprint density at radius 2 is 1.58 bits per heavy atom. The van der Waals surface area contributed by atoms with Gasteiger partial charge in [0.15, 0.2) is 5.43 Å². The second-order valence-electron chi connectivity index (χ2n) is 18.2. The van der Waals surface area contributed by atoms with Crippen molar-refractivity contribution in [3.63, 3.8) is 0 Å². The van der Waals surface area contributed by atoms with Gasteiger partial charge in [-0.2, -0.15) is 0 Å². The molecule has 8 rings (SSSR count). The largest absolute Gasteiger partial charge is 0.508 e. The number of aromatic carboxylic acids is 1. The van der Waals surface area contributed by atoms with Gasteiger partial charge in [-0.25, -0.2) is 14.6 Å². The number of anilines is 1. The fraction of sp³-hybridized carbons (Fsp3) is 0.278. The van der Waals surface area contributed by atoms with Crippen LogP contribution in [0.3, 0.4) is 0 Å². The molecule has 2 aliphatic rings. The van der Waals surface area contributed by atoms with Crippen LogP contribution in [0.4, 0.5) is 10.5 Å². The molecule has 0 radical (unpaired) electrons. The average molecular weight is 994 g/mol. The summed E-state index contributed by atoms with van der Waals surface area (Å²) in [6.07, 6.45) is 3.40. The summed E-state index contributed by atoms with van der Waals surface area (Å²) in [5.74, 6) is -1.00. The quantitative estimate of drug-likeness (QED) is 0.0230. The van der Waals surface area contributed by atoms with E-state index in [-0.39, 0.29) is 59.6 Å². The van der Waals surface area contributed by atoms with Gasteiger partial charge >= 0.3 is 12.0 Å². The predicted octanol–water partition coefficient (Wildman–Crippen LogP) is 4.94. The first-order valence-electron chi connectivity index (χ1n) is 24.0. The number of aromatic nitrogens is 3. The van der Waals surface area contributed by atoms with E-state index in [1.54, 1.807) is 43.6 Å². The second kappa shape index (κ2) is 23.5. The van der Waals surface area contributed by atoms with Crippen molar-refractivity contribution in [1.82, 2.24) is 36.2 Å². The van der Waals surface area contributed by atoms with E-state index in [2.05, 4.69) is 41.5 Å². The highest BCUT2D eigenvalue weighted by Crippen LogP contribution is 2.42. The topological polar surface area (TPSA) is 313 Å². The van der Waals surface area contributed by atoms with Crippen molar-refractivity contribution in [2.24, 2.45) is 5.73 Å². The number of phenolic OH excluding ortho intramolecular Hbond substituents is 1. The molecule has 0 saturated heterocycles. The number of carboxylic acids is 1. The van der Waals surface area contributed by atoms with Crippen molar-refractivity contribution < 1.29 is 44.3 Å². The summed E-state index contributed by atoms with van der Waals surface area (Å²) in [7, 11) is 0. The van der Waals surface area contributed by atoms with Gasteiger partial charge in [-0.05, 0) is 91.8 Å². The lowest BCUT2D eigenvalue weighted by Crippen LogP contribution is -2.61. The molecule has 4 aromatic carbocycles. The predicted molar refractivity (Wildman–Crippen MR) is 276 cm³/mol. The number of amides is 3. The van der Waals surface area contributed by atoms with Crippen LogP contribution < -0.4 is 37.7 Å². The number of unbranched alkanes of at least 4 members (excludes halogenated alkanes) is 1. The van der Waals surface area contributed by atoms with Gasteiger partial charge in [-0.3, -0.25) is 20.2 Å². The molecule has 0 spiro atoms. The van der Waals surface area contributed by atoms with Gasteiger partial charge in [0, 0.05) is 82.8 Å². The van der Waals surface area contributed by atoms with Crippen LogP contribution in [-0.2, 0) is 24.1 Å². The van der Waals surface area contributed by atoms with E-state index in [0.29, 0.717) is 47.2 Å². The Balaban J connectivity index is 0.893. The first-order chi connectivity index (χ1) is 35.2. The van der Waals surface area contributed by atoms with Gasteiger partial charge in [0.1, 0.15) is 35.4 Å². The molecular weight excluding hydrogens is 935 g/mol. The molecule has 7 atom stereocenters. The van der Waals surface area contributed by atoms with Gasteiger partial charge in [0.2, 0.25) is 5.91 Å². The molecule has 0 unspecified atom stereocenters. The van der Waals surface area contributed by atoms with Gasteiger partial charge in [-0.15, -0.1) is 0 Å². The number of aliphatic hydroxyl groups excluding tert-OH is 3. The number of fused-ring (bicyclic) bond motifs is 3. The first kappa shape index (κ1) is 51.4. The number of aromatic hydroxyl groups is 1. The number of H-pyrrole nitrogens is 2. The minimum atomic E-state index is -1.40. The highest BCUT2D eigenvalue weighted by atomic mass is 16.4. The van der Waals surface area contributed by atoms with Crippen molar-refractivity contribution in [2.75, 3.05) is 11.9 Å². The molecule has 0 bridgehead atoms. The number of carboxylic acid groups (broad SMARTS) is 1. The maximum absolute atomic E-state index is 14.1. The zero-order valence-corrected chi connectivity index (χ0v) is 39.9. The third kappa shape index (κ3) is 13.0. The van der Waals surface area contributed by atoms with Crippen molar-refractivity contribution >= 4 is 45.5 Å². The van der Waals surface area contributed by atoms with E-state index in [0.717, 1.165) is 22.0 Å². The number of para-hydroxylation sites is 1. The number of benzene rings is 5. The number of nitrogens with one attached hydrogen (secondary N) is 7. The Labute approximate surface area is 419 Å². The Bertz CT molecular complexity index is 3180. The lowest BCUT2D eigenvalue weighted by atomic mass is 9.90. The molecule has 1 aliphatic carbocycles. The summed E-state index contributed by atoms with van der Waals surface area (Å²) in [4.78, 5) is 62.5. The second-order valence-corrected chi connectivity index (χ2v) is 18.2. The van der Waals surface area contributed by atoms with E-state index < -0.39 is 60.6 Å². The first-order valence-corrected chi connectivity index (χ1v) is 24.0. The van der Waals surface area contributed by atoms with Crippen molar-refractivity contribution in [3.05, 3.63) is 161 Å². The van der Waals surface area contributed by atoms with Crippen molar-refractivity contribution in [1.29, 1.82) is 0 Å². The number of urea groups is 1. The Morgan fingerprint density at radius 3 is 2.34 bits per heavy atom. The molecule has 3 amide bonds. The van der Waals surface area contributed by atoms with Crippen LogP contribution >= 0.6 is 0 Å². The van der Waals surface area contributed by atoms with Gasteiger partial charge in [0.25, 0.3) is 0 Å². The molecule has 19 nitrogen and oxygen atoms in total. The monoisotopic (exact) mass is 993 g/mol. The van der Waals surface area contributed by atoms with E-state index in [1.807, 2.05) is 60.8 Å². The number of nitrogens with two attached hydrogens (primary N) is 1. The van der Waals surface area contributed by atoms with Crippen LogP contribution in [0.5, 0.6) is 5.75 Å². The van der Waals surface area contributed by atoms with Crippen LogP contribution in [0.2, 0.25) is 0 Å². The summed E-state index contributed by atoms with van der Waals surface area (Å²) < 4.78 is 5.91. The molecule has 73 heavy (non-hydrogen) atoms. The Hall–Kier alpha value is -7.91. The van der Waals surface area contributed by atoms with Crippen LogP contribution in [0, 0.1) is 0 Å². The summed E-state index contributed by atoms with van der Waals surface area (Å²) in [6.45, 7) is 1.80. The molecule has 380 valence electrons. The van der Waals surface area contributed by atoms with Crippen LogP contribution in [0.1, 0.15) is 53.5 Å². The number of nitrogens with zero attached hydrogens (tertiary/aromatic N) is 1. The molecule has 3 heterocycles. The number of hydrogen-bond acceptors (Lipinski definition) is 13. The van der Waals surface area contributed by atoms with E-state index in [9.17, 15) is 44.7 Å². The molecule has 2 aromatic heterocycles. The third-order valence-corrected chi connectivity index (χ3v) is 12.8. The Kier molecular flexibility index (Phi) is 16.6. The summed E-state index contributed by atoms with van der Waals surface area (Å²) in [5.41, 5.74) is 10.4. The molecular formula is C54H59N9O10. The number of aliphatic hydroxyl groups is 3. The van der Waals surface area contributed by atoms with Gasteiger partial charge in [-0.1, -0.05) is 61.0 Å². The summed E-state index contributed by atoms with van der Waals surface area (Å²) in [5, 5.41) is 70.7. The minimum Gasteiger partial charge on any atom is -0.508 e.